The predicted octanol–water partition coefficient (Wildman–Crippen LogP) is 2.38. The highest BCUT2D eigenvalue weighted by Gasteiger charge is 2.02. The van der Waals surface area contributed by atoms with E-state index >= 15 is 0 Å². The summed E-state index contributed by atoms with van der Waals surface area (Å²) >= 11 is 0. The minimum absolute atomic E-state index is 0.229. The monoisotopic (exact) mass is 224 g/mol. The normalized spacial score (nSPS) is 9.59. The van der Waals surface area contributed by atoms with Gasteiger partial charge in [0.25, 0.3) is 0 Å². The van der Waals surface area contributed by atoms with Crippen molar-refractivity contribution < 1.29 is 5.11 Å². The van der Waals surface area contributed by atoms with Crippen LogP contribution in [0.2, 0.25) is 0 Å². The van der Waals surface area contributed by atoms with E-state index < -0.39 is 0 Å². The quantitative estimate of drug-likeness (QED) is 0.787. The Morgan fingerprint density at radius 1 is 1.29 bits per heavy atom. The molecule has 1 heterocycles. The van der Waals surface area contributed by atoms with Crippen molar-refractivity contribution in [3.63, 3.8) is 0 Å². The molecule has 84 valence electrons. The Bertz CT molecular complexity index is 544. The molecule has 0 fully saturated rings. The molecule has 17 heavy (non-hydrogen) atoms. The van der Waals surface area contributed by atoms with E-state index in [0.29, 0.717) is 6.54 Å². The fourth-order valence-corrected chi connectivity index (χ4v) is 1.47. The van der Waals surface area contributed by atoms with Crippen LogP contribution in [0.4, 0.5) is 5.82 Å². The summed E-state index contributed by atoms with van der Waals surface area (Å²) in [5.74, 6) is 3.53. The second-order valence-electron chi connectivity index (χ2n) is 3.56. The Balaban J connectivity index is 2.12. The molecule has 2 aromatic rings. The van der Waals surface area contributed by atoms with Gasteiger partial charge >= 0.3 is 0 Å². The zero-order valence-corrected chi connectivity index (χ0v) is 9.22. The topological polar surface area (TPSA) is 45.1 Å². The number of phenolic OH excluding ortho intramolecular Hbond substituents is 1. The molecule has 0 saturated carbocycles. The highest BCUT2D eigenvalue weighted by Crippen LogP contribution is 2.19. The van der Waals surface area contributed by atoms with Crippen molar-refractivity contribution in [2.75, 3.05) is 5.32 Å². The van der Waals surface area contributed by atoms with E-state index in [1.54, 1.807) is 24.4 Å². The minimum Gasteiger partial charge on any atom is -0.508 e. The number of aromatic nitrogens is 1. The van der Waals surface area contributed by atoms with Crippen molar-refractivity contribution in [3.8, 4) is 18.1 Å². The number of aromatic hydroxyl groups is 1. The van der Waals surface area contributed by atoms with E-state index in [-0.39, 0.29) is 5.75 Å². The Morgan fingerprint density at radius 3 is 2.88 bits per heavy atom. The summed E-state index contributed by atoms with van der Waals surface area (Å²) in [5, 5.41) is 12.8. The van der Waals surface area contributed by atoms with Crippen LogP contribution in [-0.2, 0) is 6.54 Å². The van der Waals surface area contributed by atoms with Crippen molar-refractivity contribution in [1.29, 1.82) is 0 Å². The Hall–Kier alpha value is -2.47. The third-order valence-electron chi connectivity index (χ3n) is 2.37. The lowest BCUT2D eigenvalue weighted by atomic mass is 10.1. The molecule has 0 radical (unpaired) electrons. The van der Waals surface area contributed by atoms with Gasteiger partial charge in [0.15, 0.2) is 0 Å². The van der Waals surface area contributed by atoms with Gasteiger partial charge in [0.05, 0.1) is 0 Å². The summed E-state index contributed by atoms with van der Waals surface area (Å²) in [6.07, 6.45) is 7.02. The first-order chi connectivity index (χ1) is 8.29. The molecule has 3 nitrogen and oxygen atoms in total. The lowest BCUT2D eigenvalue weighted by Gasteiger charge is -2.07. The summed E-state index contributed by atoms with van der Waals surface area (Å²) in [5.41, 5.74) is 1.51. The maximum absolute atomic E-state index is 9.68. The number of rotatable bonds is 3. The average Bonchev–Trinajstić information content (AvgIpc) is 2.39. The Kier molecular flexibility index (Phi) is 3.27. The van der Waals surface area contributed by atoms with Gasteiger partial charge in [0.1, 0.15) is 11.6 Å². The van der Waals surface area contributed by atoms with Crippen LogP contribution in [0.1, 0.15) is 11.1 Å². The highest BCUT2D eigenvalue weighted by molar-refractivity contribution is 5.44. The SMILES string of the molecule is C#Cc1ccc(O)c(CNc2ccccn2)c1. The maximum Gasteiger partial charge on any atom is 0.126 e. The number of hydrogen-bond acceptors (Lipinski definition) is 3. The number of phenols is 1. The zero-order valence-electron chi connectivity index (χ0n) is 9.22. The predicted molar refractivity (Wildman–Crippen MR) is 67.6 cm³/mol. The fraction of sp³-hybridized carbons (Fsp3) is 0.0714. The molecule has 0 aliphatic heterocycles. The van der Waals surface area contributed by atoms with Gasteiger partial charge in [0, 0.05) is 23.9 Å². The summed E-state index contributed by atoms with van der Waals surface area (Å²) < 4.78 is 0. The first-order valence-corrected chi connectivity index (χ1v) is 5.23. The molecule has 0 saturated heterocycles. The largest absolute Gasteiger partial charge is 0.508 e. The summed E-state index contributed by atoms with van der Waals surface area (Å²) in [6.45, 7) is 0.484. The number of nitrogens with zero attached hydrogens (tertiary/aromatic N) is 1. The van der Waals surface area contributed by atoms with E-state index in [1.807, 2.05) is 18.2 Å². The van der Waals surface area contributed by atoms with Crippen LogP contribution in [-0.4, -0.2) is 10.1 Å². The average molecular weight is 224 g/mol. The van der Waals surface area contributed by atoms with Gasteiger partial charge in [-0.15, -0.1) is 6.42 Å². The minimum atomic E-state index is 0.229. The van der Waals surface area contributed by atoms with Gasteiger partial charge < -0.3 is 10.4 Å². The summed E-state index contributed by atoms with van der Waals surface area (Å²) in [6, 6.07) is 10.7. The Morgan fingerprint density at radius 2 is 2.18 bits per heavy atom. The molecule has 0 bridgehead atoms. The lowest BCUT2D eigenvalue weighted by Crippen LogP contribution is -2.01. The molecule has 0 unspecified atom stereocenters. The first-order valence-electron chi connectivity index (χ1n) is 5.23. The molecule has 2 N–H and O–H groups in total. The lowest BCUT2D eigenvalue weighted by molar-refractivity contribution is 0.469. The van der Waals surface area contributed by atoms with Gasteiger partial charge in [-0.2, -0.15) is 0 Å². The van der Waals surface area contributed by atoms with E-state index in [4.69, 9.17) is 6.42 Å². The van der Waals surface area contributed by atoms with Crippen LogP contribution in [0, 0.1) is 12.3 Å². The highest BCUT2D eigenvalue weighted by atomic mass is 16.3. The summed E-state index contributed by atoms with van der Waals surface area (Å²) in [4.78, 5) is 4.13. The number of nitrogens with one attached hydrogen (secondary N) is 1. The van der Waals surface area contributed by atoms with Crippen LogP contribution in [0.15, 0.2) is 42.6 Å². The molecule has 0 spiro atoms. The van der Waals surface area contributed by atoms with Crippen molar-refractivity contribution >= 4 is 5.82 Å². The molecular formula is C14H12N2O. The van der Waals surface area contributed by atoms with Crippen LogP contribution in [0.25, 0.3) is 0 Å². The maximum atomic E-state index is 9.68. The smallest absolute Gasteiger partial charge is 0.126 e. The molecule has 1 aromatic heterocycles. The van der Waals surface area contributed by atoms with Crippen molar-refractivity contribution in [2.24, 2.45) is 0 Å². The molecule has 0 atom stereocenters. The number of terminal acetylenes is 1. The zero-order chi connectivity index (χ0) is 12.1. The summed E-state index contributed by atoms with van der Waals surface area (Å²) in [7, 11) is 0. The standard InChI is InChI=1S/C14H12N2O/c1-2-11-6-7-13(17)12(9-11)10-16-14-5-3-4-8-15-14/h1,3-9,17H,10H2,(H,15,16). The number of pyridine rings is 1. The second kappa shape index (κ2) is 5.04. The van der Waals surface area contributed by atoms with Crippen LogP contribution >= 0.6 is 0 Å². The second-order valence-corrected chi connectivity index (χ2v) is 3.56. The van der Waals surface area contributed by atoms with Crippen LogP contribution < -0.4 is 5.32 Å². The first kappa shape index (κ1) is 11.0. The van der Waals surface area contributed by atoms with E-state index in [9.17, 15) is 5.11 Å². The van der Waals surface area contributed by atoms with Gasteiger partial charge in [-0.25, -0.2) is 4.98 Å². The van der Waals surface area contributed by atoms with Gasteiger partial charge in [-0.3, -0.25) is 0 Å². The third-order valence-corrected chi connectivity index (χ3v) is 2.37. The molecule has 1 aromatic carbocycles. The van der Waals surface area contributed by atoms with Gasteiger partial charge in [0.2, 0.25) is 0 Å². The van der Waals surface area contributed by atoms with Crippen molar-refractivity contribution in [1.82, 2.24) is 4.98 Å². The number of hydrogen-bond donors (Lipinski definition) is 2. The van der Waals surface area contributed by atoms with Crippen molar-refractivity contribution in [3.05, 3.63) is 53.7 Å². The molecule has 3 heteroatoms. The molecule has 2 rings (SSSR count). The van der Waals surface area contributed by atoms with Crippen LogP contribution in [0.3, 0.4) is 0 Å². The van der Waals surface area contributed by atoms with E-state index in [1.165, 1.54) is 0 Å². The van der Waals surface area contributed by atoms with Gasteiger partial charge in [-0.1, -0.05) is 12.0 Å². The molecular weight excluding hydrogens is 212 g/mol. The molecule has 0 aliphatic rings. The van der Waals surface area contributed by atoms with Crippen molar-refractivity contribution in [2.45, 2.75) is 6.54 Å². The number of benzene rings is 1. The molecule has 0 aliphatic carbocycles. The van der Waals surface area contributed by atoms with Crippen LogP contribution in [0.5, 0.6) is 5.75 Å². The fourth-order valence-electron chi connectivity index (χ4n) is 1.47. The Labute approximate surface area is 100 Å². The van der Waals surface area contributed by atoms with Gasteiger partial charge in [-0.05, 0) is 30.3 Å². The third kappa shape index (κ3) is 2.76. The van der Waals surface area contributed by atoms with E-state index in [2.05, 4.69) is 16.2 Å². The number of anilines is 1. The molecule has 0 amide bonds. The van der Waals surface area contributed by atoms with E-state index in [0.717, 1.165) is 16.9 Å².